The van der Waals surface area contributed by atoms with Gasteiger partial charge in [0.2, 0.25) is 0 Å². The van der Waals surface area contributed by atoms with Gasteiger partial charge in [0.1, 0.15) is 17.2 Å². The number of hydrogen-bond donors (Lipinski definition) is 0. The molecule has 0 radical (unpaired) electrons. The van der Waals surface area contributed by atoms with E-state index < -0.39 is 17.6 Å². The van der Waals surface area contributed by atoms with Gasteiger partial charge >= 0.3 is 5.97 Å². The molecule has 0 N–H and O–H groups in total. The molecule has 0 fully saturated rings. The van der Waals surface area contributed by atoms with Gasteiger partial charge in [0.15, 0.2) is 0 Å². The molecule has 0 saturated carbocycles. The highest BCUT2D eigenvalue weighted by Crippen LogP contribution is 2.27. The summed E-state index contributed by atoms with van der Waals surface area (Å²) in [4.78, 5) is 33.6. The Kier molecular flexibility index (Phi) is 6.73. The first-order valence-electron chi connectivity index (χ1n) is 6.05. The van der Waals surface area contributed by atoms with Crippen molar-refractivity contribution < 1.29 is 23.5 Å². The molecule has 0 rings (SSSR count). The molecular weight excluding hydrogens is 239 g/mol. The second kappa shape index (κ2) is 7.24. The van der Waals surface area contributed by atoms with Crippen molar-refractivity contribution in [3.63, 3.8) is 0 Å². The van der Waals surface area contributed by atoms with E-state index >= 15 is 0 Å². The highest BCUT2D eigenvalue weighted by Gasteiger charge is 2.32. The van der Waals surface area contributed by atoms with Crippen LogP contribution in [0.25, 0.3) is 0 Å². The third-order valence-electron chi connectivity index (χ3n) is 2.77. The Bertz CT molecular complexity index is 309. The van der Waals surface area contributed by atoms with Crippen molar-refractivity contribution >= 4 is 17.5 Å². The van der Waals surface area contributed by atoms with Gasteiger partial charge in [-0.25, -0.2) is 4.39 Å². The molecule has 0 amide bonds. The van der Waals surface area contributed by atoms with Crippen LogP contribution in [0.15, 0.2) is 0 Å². The first-order valence-corrected chi connectivity index (χ1v) is 6.05. The Hall–Kier alpha value is -1.26. The van der Waals surface area contributed by atoms with Crippen molar-refractivity contribution in [1.82, 2.24) is 0 Å². The molecule has 4 nitrogen and oxygen atoms in total. The van der Waals surface area contributed by atoms with Crippen LogP contribution in [0, 0.1) is 5.92 Å². The number of halogens is 1. The van der Waals surface area contributed by atoms with Gasteiger partial charge in [0, 0.05) is 6.42 Å². The molecule has 5 heteroatoms. The maximum atomic E-state index is 14.1. The monoisotopic (exact) mass is 260 g/mol. The van der Waals surface area contributed by atoms with Crippen molar-refractivity contribution in [3.05, 3.63) is 0 Å². The third kappa shape index (κ3) is 6.47. The van der Waals surface area contributed by atoms with E-state index in [1.54, 1.807) is 6.92 Å². The minimum absolute atomic E-state index is 0.0522. The number of ketones is 2. The fourth-order valence-electron chi connectivity index (χ4n) is 1.70. The van der Waals surface area contributed by atoms with Crippen molar-refractivity contribution in [1.29, 1.82) is 0 Å². The summed E-state index contributed by atoms with van der Waals surface area (Å²) in [5.41, 5.74) is -1.73. The second-order valence-electron chi connectivity index (χ2n) is 4.70. The van der Waals surface area contributed by atoms with Gasteiger partial charge in [0.05, 0.1) is 12.5 Å². The van der Waals surface area contributed by atoms with E-state index in [1.165, 1.54) is 20.8 Å². The minimum Gasteiger partial charge on any atom is -0.466 e. The molecule has 18 heavy (non-hydrogen) atoms. The maximum Gasteiger partial charge on any atom is 0.305 e. The van der Waals surface area contributed by atoms with Crippen LogP contribution in [0.4, 0.5) is 4.39 Å². The van der Waals surface area contributed by atoms with Gasteiger partial charge < -0.3 is 4.74 Å². The first kappa shape index (κ1) is 16.7. The van der Waals surface area contributed by atoms with Gasteiger partial charge in [-0.3, -0.25) is 14.4 Å². The topological polar surface area (TPSA) is 60.4 Å². The number of hydrogen-bond acceptors (Lipinski definition) is 4. The standard InChI is InChI=1S/C13H21FO4/c1-5-18-12(17)6-7-13(4,14)8-11(9(2)15)10(3)16/h11H,5-8H2,1-4H3. The van der Waals surface area contributed by atoms with Crippen LogP contribution in [0.1, 0.15) is 47.0 Å². The van der Waals surface area contributed by atoms with Gasteiger partial charge in [-0.05, 0) is 40.5 Å². The average molecular weight is 260 g/mol. The van der Waals surface area contributed by atoms with Gasteiger partial charge in [-0.2, -0.15) is 0 Å². The van der Waals surface area contributed by atoms with E-state index in [0.29, 0.717) is 0 Å². The van der Waals surface area contributed by atoms with Crippen molar-refractivity contribution in [2.24, 2.45) is 5.92 Å². The van der Waals surface area contributed by atoms with Crippen LogP contribution in [-0.4, -0.2) is 29.8 Å². The molecule has 1 atom stereocenters. The quantitative estimate of drug-likeness (QED) is 0.496. The lowest BCUT2D eigenvalue weighted by molar-refractivity contribution is -0.144. The Morgan fingerprint density at radius 1 is 1.22 bits per heavy atom. The zero-order valence-corrected chi connectivity index (χ0v) is 11.4. The molecule has 0 aliphatic rings. The first-order chi connectivity index (χ1) is 8.19. The lowest BCUT2D eigenvalue weighted by Gasteiger charge is -2.23. The summed E-state index contributed by atoms with van der Waals surface area (Å²) in [6.45, 7) is 5.77. The number of esters is 1. The Morgan fingerprint density at radius 3 is 2.11 bits per heavy atom. The van der Waals surface area contributed by atoms with Crippen molar-refractivity contribution in [2.45, 2.75) is 52.6 Å². The predicted octanol–water partition coefficient (Wildman–Crippen LogP) is 2.24. The van der Waals surface area contributed by atoms with Gasteiger partial charge in [-0.1, -0.05) is 0 Å². The van der Waals surface area contributed by atoms with Crippen molar-refractivity contribution in [2.75, 3.05) is 6.61 Å². The Morgan fingerprint density at radius 2 is 1.72 bits per heavy atom. The summed E-state index contributed by atoms with van der Waals surface area (Å²) in [5, 5.41) is 0. The minimum atomic E-state index is -1.73. The fourth-order valence-corrected chi connectivity index (χ4v) is 1.70. The number of rotatable bonds is 8. The molecule has 0 bridgehead atoms. The molecule has 0 aliphatic heterocycles. The smallest absolute Gasteiger partial charge is 0.305 e. The molecule has 0 aromatic heterocycles. The number of Topliss-reactive ketones (excluding diaryl/α,β-unsaturated/α-hetero) is 2. The largest absolute Gasteiger partial charge is 0.466 e. The van der Waals surface area contributed by atoms with Crippen LogP contribution in [0.3, 0.4) is 0 Å². The van der Waals surface area contributed by atoms with Crippen LogP contribution in [0.5, 0.6) is 0 Å². The zero-order valence-electron chi connectivity index (χ0n) is 11.4. The molecule has 0 spiro atoms. The number of ether oxygens (including phenoxy) is 1. The van der Waals surface area contributed by atoms with E-state index in [0.717, 1.165) is 0 Å². The van der Waals surface area contributed by atoms with Gasteiger partial charge in [0.25, 0.3) is 0 Å². The summed E-state index contributed by atoms with van der Waals surface area (Å²) >= 11 is 0. The Labute approximate surface area is 107 Å². The van der Waals surface area contributed by atoms with Crippen LogP contribution in [0.2, 0.25) is 0 Å². The highest BCUT2D eigenvalue weighted by atomic mass is 19.1. The van der Waals surface area contributed by atoms with E-state index in [4.69, 9.17) is 4.74 Å². The van der Waals surface area contributed by atoms with Gasteiger partial charge in [-0.15, -0.1) is 0 Å². The number of carbonyl (C=O) groups is 3. The SMILES string of the molecule is CCOC(=O)CCC(C)(F)CC(C(C)=O)C(C)=O. The lowest BCUT2D eigenvalue weighted by Crippen LogP contribution is -2.30. The molecule has 0 aliphatic carbocycles. The van der Waals surface area contributed by atoms with E-state index in [9.17, 15) is 18.8 Å². The van der Waals surface area contributed by atoms with E-state index in [2.05, 4.69) is 0 Å². The van der Waals surface area contributed by atoms with Crippen LogP contribution >= 0.6 is 0 Å². The fraction of sp³-hybridized carbons (Fsp3) is 0.769. The number of alkyl halides is 1. The maximum absolute atomic E-state index is 14.1. The third-order valence-corrected chi connectivity index (χ3v) is 2.77. The molecule has 0 aromatic carbocycles. The summed E-state index contributed by atoms with van der Waals surface area (Å²) in [6.07, 6.45) is -0.288. The number of carbonyl (C=O) groups excluding carboxylic acids is 3. The average Bonchev–Trinajstić information content (AvgIpc) is 2.23. The molecule has 0 saturated heterocycles. The summed E-state index contributed by atoms with van der Waals surface area (Å²) < 4.78 is 18.8. The second-order valence-corrected chi connectivity index (χ2v) is 4.70. The highest BCUT2D eigenvalue weighted by molar-refractivity contribution is 6.00. The molecule has 1 unspecified atom stereocenters. The summed E-state index contributed by atoms with van der Waals surface area (Å²) in [6, 6.07) is 0. The normalized spacial score (nSPS) is 14.1. The summed E-state index contributed by atoms with van der Waals surface area (Å²) in [7, 11) is 0. The molecule has 104 valence electrons. The zero-order chi connectivity index (χ0) is 14.3. The Balaban J connectivity index is 4.40. The predicted molar refractivity (Wildman–Crippen MR) is 64.8 cm³/mol. The molecule has 0 aromatic rings. The summed E-state index contributed by atoms with van der Waals surface area (Å²) in [5.74, 6) is -2.09. The van der Waals surface area contributed by atoms with E-state index in [-0.39, 0.29) is 37.4 Å². The lowest BCUT2D eigenvalue weighted by atomic mass is 9.85. The molecule has 0 heterocycles. The van der Waals surface area contributed by atoms with E-state index in [1.807, 2.05) is 0 Å². The van der Waals surface area contributed by atoms with Crippen LogP contribution < -0.4 is 0 Å². The van der Waals surface area contributed by atoms with Crippen molar-refractivity contribution in [3.8, 4) is 0 Å². The molecular formula is C13H21FO4. The van der Waals surface area contributed by atoms with Crippen LogP contribution in [-0.2, 0) is 19.1 Å².